The highest BCUT2D eigenvalue weighted by Gasteiger charge is 2.40. The van der Waals surface area contributed by atoms with Crippen molar-refractivity contribution in [2.45, 2.75) is 50.2 Å². The van der Waals surface area contributed by atoms with Crippen LogP contribution < -0.4 is 5.32 Å². The predicted octanol–water partition coefficient (Wildman–Crippen LogP) is 4.78. The minimum atomic E-state index is -0.687. The van der Waals surface area contributed by atoms with Crippen molar-refractivity contribution in [1.82, 2.24) is 10.3 Å². The van der Waals surface area contributed by atoms with E-state index in [9.17, 15) is 23.1 Å². The Labute approximate surface area is 177 Å². The minimum absolute atomic E-state index is 0.0562. The van der Waals surface area contributed by atoms with Gasteiger partial charge in [-0.05, 0) is 79.5 Å². The average molecular weight is 428 g/mol. The second-order valence-electron chi connectivity index (χ2n) is 8.71. The normalized spacial score (nSPS) is 25.5. The van der Waals surface area contributed by atoms with E-state index < -0.39 is 17.7 Å². The number of aromatic nitrogens is 1. The van der Waals surface area contributed by atoms with E-state index in [4.69, 9.17) is 0 Å². The number of carbonyl (C=O) groups is 1. The summed E-state index contributed by atoms with van der Waals surface area (Å²) in [5.41, 5.74) is 2.26. The fourth-order valence-electron chi connectivity index (χ4n) is 4.99. The molecule has 2 fully saturated rings. The van der Waals surface area contributed by atoms with Crippen LogP contribution in [0.15, 0.2) is 36.4 Å². The van der Waals surface area contributed by atoms with Crippen LogP contribution in [0.3, 0.4) is 0 Å². The van der Waals surface area contributed by atoms with Gasteiger partial charge in [0.05, 0.1) is 23.4 Å². The zero-order valence-electron chi connectivity index (χ0n) is 16.8. The molecule has 31 heavy (non-hydrogen) atoms. The van der Waals surface area contributed by atoms with Gasteiger partial charge in [-0.3, -0.25) is 4.79 Å². The molecule has 1 amide bonds. The Morgan fingerprint density at radius 3 is 2.45 bits per heavy atom. The molecule has 0 radical (unpaired) electrons. The number of amides is 1. The van der Waals surface area contributed by atoms with E-state index in [1.807, 2.05) is 0 Å². The lowest BCUT2D eigenvalue weighted by Crippen LogP contribution is -2.45. The lowest BCUT2D eigenvalue weighted by molar-refractivity contribution is -0.129. The third-order valence-corrected chi connectivity index (χ3v) is 6.72. The van der Waals surface area contributed by atoms with Gasteiger partial charge in [0, 0.05) is 17.4 Å². The van der Waals surface area contributed by atoms with Gasteiger partial charge in [-0.2, -0.15) is 0 Å². The Morgan fingerprint density at radius 2 is 1.77 bits per heavy atom. The van der Waals surface area contributed by atoms with E-state index in [2.05, 4.69) is 10.3 Å². The molecule has 2 aliphatic rings. The molecule has 0 bridgehead atoms. The molecule has 2 aromatic carbocycles. The lowest BCUT2D eigenvalue weighted by atomic mass is 9.69. The highest BCUT2D eigenvalue weighted by atomic mass is 19.1. The highest BCUT2D eigenvalue weighted by molar-refractivity contribution is 5.92. The number of H-pyrrole nitrogens is 1. The van der Waals surface area contributed by atoms with E-state index in [0.717, 1.165) is 24.5 Å². The lowest BCUT2D eigenvalue weighted by Gasteiger charge is -2.36. The van der Waals surface area contributed by atoms with Crippen molar-refractivity contribution >= 4 is 16.8 Å². The van der Waals surface area contributed by atoms with Crippen LogP contribution in [0.5, 0.6) is 0 Å². The maximum Gasteiger partial charge on any atom is 0.223 e. The highest BCUT2D eigenvalue weighted by Crippen LogP contribution is 2.48. The zero-order valence-corrected chi connectivity index (χ0v) is 16.8. The van der Waals surface area contributed by atoms with Crippen LogP contribution in [-0.2, 0) is 4.79 Å². The first-order valence-electron chi connectivity index (χ1n) is 10.7. The first-order chi connectivity index (χ1) is 14.9. The van der Waals surface area contributed by atoms with Crippen LogP contribution in [-0.4, -0.2) is 28.1 Å². The number of hydrogen-bond donors (Lipinski definition) is 3. The Morgan fingerprint density at radius 1 is 1.03 bits per heavy atom. The maximum absolute atomic E-state index is 14.5. The summed E-state index contributed by atoms with van der Waals surface area (Å²) in [5, 5.41) is 13.3. The molecule has 1 aromatic heterocycles. The minimum Gasteiger partial charge on any atom is -0.391 e. The molecular weight excluding hydrogens is 405 g/mol. The largest absolute Gasteiger partial charge is 0.391 e. The van der Waals surface area contributed by atoms with Crippen molar-refractivity contribution in [2.24, 2.45) is 5.92 Å². The Kier molecular flexibility index (Phi) is 5.01. The third-order valence-electron chi connectivity index (χ3n) is 6.72. The number of carbonyl (C=O) groups excluding carboxylic acids is 1. The monoisotopic (exact) mass is 428 g/mol. The topological polar surface area (TPSA) is 65.1 Å². The fourth-order valence-corrected chi connectivity index (χ4v) is 4.99. The van der Waals surface area contributed by atoms with Gasteiger partial charge in [0.2, 0.25) is 5.91 Å². The van der Waals surface area contributed by atoms with E-state index in [-0.39, 0.29) is 35.1 Å². The molecule has 0 spiro atoms. The van der Waals surface area contributed by atoms with Crippen molar-refractivity contribution in [3.63, 3.8) is 0 Å². The van der Waals surface area contributed by atoms with Gasteiger partial charge >= 0.3 is 0 Å². The number of nitrogens with one attached hydrogen (secondary N) is 2. The maximum atomic E-state index is 14.5. The summed E-state index contributed by atoms with van der Waals surface area (Å²) in [6.45, 7) is 0. The van der Waals surface area contributed by atoms with Crippen LogP contribution in [0.1, 0.15) is 43.6 Å². The molecule has 4 nitrogen and oxygen atoms in total. The van der Waals surface area contributed by atoms with Crippen molar-refractivity contribution in [3.8, 4) is 11.3 Å². The van der Waals surface area contributed by atoms with Gasteiger partial charge in [0.15, 0.2) is 0 Å². The van der Waals surface area contributed by atoms with E-state index in [1.54, 1.807) is 12.1 Å². The van der Waals surface area contributed by atoms with Crippen LogP contribution >= 0.6 is 0 Å². The van der Waals surface area contributed by atoms with Crippen molar-refractivity contribution in [3.05, 3.63) is 59.4 Å². The first kappa shape index (κ1) is 20.1. The molecule has 5 rings (SSSR count). The number of fused-ring (bicyclic) bond motifs is 1. The summed E-state index contributed by atoms with van der Waals surface area (Å²) in [7, 11) is 0. The number of aliphatic hydroxyl groups excluding tert-OH is 1. The summed E-state index contributed by atoms with van der Waals surface area (Å²) >= 11 is 0. The Hall–Kier alpha value is -2.80. The molecule has 2 atom stereocenters. The summed E-state index contributed by atoms with van der Waals surface area (Å²) in [6.07, 6.45) is 2.98. The molecule has 2 saturated carbocycles. The molecule has 3 aromatic rings. The summed E-state index contributed by atoms with van der Waals surface area (Å²) in [6, 6.07) is 7.79. The molecule has 1 heterocycles. The van der Waals surface area contributed by atoms with Crippen molar-refractivity contribution in [1.29, 1.82) is 0 Å². The van der Waals surface area contributed by atoms with Gasteiger partial charge in [-0.15, -0.1) is 0 Å². The predicted molar refractivity (Wildman–Crippen MR) is 111 cm³/mol. The number of hydrogen-bond acceptors (Lipinski definition) is 2. The number of benzene rings is 2. The number of aliphatic hydroxyl groups is 1. The smallest absolute Gasteiger partial charge is 0.223 e. The third kappa shape index (κ3) is 3.61. The molecule has 162 valence electrons. The SMILES string of the molecule is O=C(N[C@@H]1CCC[C@@H]1O)[C@H]1C[C@H](c2c(-c3ccc(F)cc3)[nH]c3c(F)cc(F)cc32)C1. The summed E-state index contributed by atoms with van der Waals surface area (Å²) in [5.74, 6) is -2.08. The van der Waals surface area contributed by atoms with Gasteiger partial charge in [0.25, 0.3) is 0 Å². The first-order valence-corrected chi connectivity index (χ1v) is 10.7. The zero-order chi connectivity index (χ0) is 21.7. The fraction of sp³-hybridized carbons (Fsp3) is 0.375. The molecule has 0 unspecified atom stereocenters. The molecule has 2 aliphatic carbocycles. The second-order valence-corrected chi connectivity index (χ2v) is 8.71. The van der Waals surface area contributed by atoms with Gasteiger partial charge < -0.3 is 15.4 Å². The second kappa shape index (κ2) is 7.71. The summed E-state index contributed by atoms with van der Waals surface area (Å²) < 4.78 is 41.9. The Balaban J connectivity index is 1.44. The number of halogens is 3. The number of rotatable bonds is 4. The van der Waals surface area contributed by atoms with E-state index in [1.165, 1.54) is 18.2 Å². The van der Waals surface area contributed by atoms with E-state index >= 15 is 0 Å². The van der Waals surface area contributed by atoms with Gasteiger partial charge in [-0.1, -0.05) is 0 Å². The molecule has 7 heteroatoms. The van der Waals surface area contributed by atoms with Crippen molar-refractivity contribution < 1.29 is 23.1 Å². The quantitative estimate of drug-likeness (QED) is 0.560. The molecule has 0 saturated heterocycles. The standard InChI is InChI=1S/C24H23F3N2O2/c25-15-6-4-12(5-7-15)22-21(17-10-16(26)11-18(27)23(17)29-22)13-8-14(9-13)24(31)28-19-2-1-3-20(19)30/h4-7,10-11,13-14,19-20,29-30H,1-3,8-9H2,(H,28,31)/t13-,14-,19-,20+/m1/s1. The molecular formula is C24H23F3N2O2. The van der Waals surface area contributed by atoms with E-state index in [0.29, 0.717) is 35.9 Å². The van der Waals surface area contributed by atoms with Gasteiger partial charge in [0.1, 0.15) is 17.5 Å². The van der Waals surface area contributed by atoms with Gasteiger partial charge in [-0.25, -0.2) is 13.2 Å². The molecule has 0 aliphatic heterocycles. The summed E-state index contributed by atoms with van der Waals surface area (Å²) in [4.78, 5) is 15.7. The average Bonchev–Trinajstić information content (AvgIpc) is 3.26. The Bertz CT molecular complexity index is 1140. The van der Waals surface area contributed by atoms with Crippen molar-refractivity contribution in [2.75, 3.05) is 0 Å². The van der Waals surface area contributed by atoms with Crippen LogP contribution in [0.2, 0.25) is 0 Å². The number of aromatic amines is 1. The molecule has 3 N–H and O–H groups in total. The van der Waals surface area contributed by atoms with Crippen LogP contribution in [0.4, 0.5) is 13.2 Å². The van der Waals surface area contributed by atoms with Crippen LogP contribution in [0, 0.1) is 23.4 Å². The van der Waals surface area contributed by atoms with Crippen LogP contribution in [0.25, 0.3) is 22.2 Å².